The second-order valence-corrected chi connectivity index (χ2v) is 5.54. The minimum Gasteiger partial charge on any atom is -0.391 e. The van der Waals surface area contributed by atoms with E-state index < -0.39 is 6.10 Å². The number of carbonyl (C=O) groups excluding carboxylic acids is 1. The van der Waals surface area contributed by atoms with Gasteiger partial charge in [0, 0.05) is 12.1 Å². The number of aromatic nitrogens is 1. The summed E-state index contributed by atoms with van der Waals surface area (Å²) in [6.07, 6.45) is 1.74. The van der Waals surface area contributed by atoms with E-state index in [0.29, 0.717) is 18.0 Å². The topological polar surface area (TPSA) is 62.2 Å². The van der Waals surface area contributed by atoms with Gasteiger partial charge in [0.2, 0.25) is 0 Å². The van der Waals surface area contributed by atoms with E-state index in [9.17, 15) is 9.90 Å². The van der Waals surface area contributed by atoms with Gasteiger partial charge in [0.25, 0.3) is 5.91 Å². The fourth-order valence-corrected chi connectivity index (χ4v) is 2.66. The van der Waals surface area contributed by atoms with Gasteiger partial charge in [0.15, 0.2) is 0 Å². The maximum atomic E-state index is 11.9. The zero-order valence-electron chi connectivity index (χ0n) is 9.80. The van der Waals surface area contributed by atoms with Gasteiger partial charge in [-0.1, -0.05) is 0 Å². The van der Waals surface area contributed by atoms with Crippen molar-refractivity contribution in [2.75, 3.05) is 6.54 Å². The standard InChI is InChI=1S/C13H14N2O2S/c16-11(8-1-2-8)6-14-13(17)9-3-4-10-12(5-9)18-7-15-10/h3-5,7-8,11,16H,1-2,6H2,(H,14,17). The summed E-state index contributed by atoms with van der Waals surface area (Å²) in [5.41, 5.74) is 3.30. The molecule has 1 unspecified atom stereocenters. The first-order valence-electron chi connectivity index (χ1n) is 6.03. The molecule has 0 aliphatic heterocycles. The number of rotatable bonds is 4. The maximum Gasteiger partial charge on any atom is 0.251 e. The number of nitrogens with zero attached hydrogens (tertiary/aromatic N) is 1. The van der Waals surface area contributed by atoms with Crippen molar-refractivity contribution in [1.82, 2.24) is 10.3 Å². The van der Waals surface area contributed by atoms with Crippen LogP contribution in [0.25, 0.3) is 10.2 Å². The minimum absolute atomic E-state index is 0.134. The van der Waals surface area contributed by atoms with E-state index in [-0.39, 0.29) is 5.91 Å². The molecule has 94 valence electrons. The molecule has 1 aliphatic carbocycles. The fraction of sp³-hybridized carbons (Fsp3) is 0.385. The van der Waals surface area contributed by atoms with Crippen molar-refractivity contribution >= 4 is 27.5 Å². The Morgan fingerprint density at radius 2 is 2.39 bits per heavy atom. The summed E-state index contributed by atoms with van der Waals surface area (Å²) in [5, 5.41) is 12.5. The van der Waals surface area contributed by atoms with Crippen molar-refractivity contribution in [1.29, 1.82) is 0 Å². The van der Waals surface area contributed by atoms with Crippen LogP contribution in [0.15, 0.2) is 23.7 Å². The molecule has 1 amide bonds. The van der Waals surface area contributed by atoms with Gasteiger partial charge < -0.3 is 10.4 Å². The Morgan fingerprint density at radius 1 is 1.56 bits per heavy atom. The van der Waals surface area contributed by atoms with Gasteiger partial charge in [-0.25, -0.2) is 4.98 Å². The lowest BCUT2D eigenvalue weighted by atomic mass is 10.2. The average Bonchev–Trinajstić information content (AvgIpc) is 3.13. The van der Waals surface area contributed by atoms with Gasteiger partial charge in [-0.2, -0.15) is 0 Å². The first-order valence-corrected chi connectivity index (χ1v) is 6.91. The van der Waals surface area contributed by atoms with Gasteiger partial charge in [0.05, 0.1) is 21.8 Å². The number of amides is 1. The molecule has 1 saturated carbocycles. The SMILES string of the molecule is O=C(NCC(O)C1CC1)c1ccc2ncsc2c1. The van der Waals surface area contributed by atoms with Crippen LogP contribution in [0.1, 0.15) is 23.2 Å². The number of thiazole rings is 1. The van der Waals surface area contributed by atoms with Crippen molar-refractivity contribution in [2.24, 2.45) is 5.92 Å². The van der Waals surface area contributed by atoms with Gasteiger partial charge in [-0.3, -0.25) is 4.79 Å². The van der Waals surface area contributed by atoms with Gasteiger partial charge in [0.1, 0.15) is 0 Å². The highest BCUT2D eigenvalue weighted by atomic mass is 32.1. The minimum atomic E-state index is -0.402. The average molecular weight is 262 g/mol. The molecule has 1 aromatic heterocycles. The van der Waals surface area contributed by atoms with Crippen LogP contribution >= 0.6 is 11.3 Å². The van der Waals surface area contributed by atoms with Crippen molar-refractivity contribution < 1.29 is 9.90 Å². The van der Waals surface area contributed by atoms with E-state index in [1.165, 1.54) is 11.3 Å². The van der Waals surface area contributed by atoms with Crippen LogP contribution in [-0.2, 0) is 0 Å². The third-order valence-corrected chi connectivity index (χ3v) is 4.02. The molecule has 1 fully saturated rings. The first-order chi connectivity index (χ1) is 8.74. The number of aliphatic hydroxyl groups is 1. The predicted octanol–water partition coefficient (Wildman–Crippen LogP) is 1.80. The quantitative estimate of drug-likeness (QED) is 0.883. The molecule has 0 spiro atoms. The number of benzene rings is 1. The summed E-state index contributed by atoms with van der Waals surface area (Å²) in [6, 6.07) is 5.45. The van der Waals surface area contributed by atoms with E-state index in [2.05, 4.69) is 10.3 Å². The molecule has 1 aliphatic rings. The third-order valence-electron chi connectivity index (χ3n) is 3.23. The summed E-state index contributed by atoms with van der Waals surface area (Å²) in [5.74, 6) is 0.249. The van der Waals surface area contributed by atoms with Crippen molar-refractivity contribution in [2.45, 2.75) is 18.9 Å². The lowest BCUT2D eigenvalue weighted by Crippen LogP contribution is -2.33. The van der Waals surface area contributed by atoms with Gasteiger partial charge >= 0.3 is 0 Å². The summed E-state index contributed by atoms with van der Waals surface area (Å²) in [7, 11) is 0. The number of carbonyl (C=O) groups is 1. The Balaban J connectivity index is 1.66. The summed E-state index contributed by atoms with van der Waals surface area (Å²) in [6.45, 7) is 0.338. The lowest BCUT2D eigenvalue weighted by Gasteiger charge is -2.10. The Morgan fingerprint density at radius 3 is 3.17 bits per heavy atom. The van der Waals surface area contributed by atoms with Crippen LogP contribution in [0.3, 0.4) is 0 Å². The highest BCUT2D eigenvalue weighted by Gasteiger charge is 2.29. The predicted molar refractivity (Wildman–Crippen MR) is 70.7 cm³/mol. The molecule has 0 radical (unpaired) electrons. The zero-order chi connectivity index (χ0) is 12.5. The van der Waals surface area contributed by atoms with Crippen LogP contribution in [0, 0.1) is 5.92 Å². The fourth-order valence-electron chi connectivity index (χ4n) is 1.94. The molecule has 2 aromatic rings. The summed E-state index contributed by atoms with van der Waals surface area (Å²) < 4.78 is 1.00. The molecule has 1 atom stereocenters. The normalized spacial score (nSPS) is 16.7. The van der Waals surface area contributed by atoms with Crippen LogP contribution in [0.2, 0.25) is 0 Å². The van der Waals surface area contributed by atoms with Crippen molar-refractivity contribution in [3.63, 3.8) is 0 Å². The summed E-state index contributed by atoms with van der Waals surface area (Å²) in [4.78, 5) is 16.1. The Hall–Kier alpha value is -1.46. The van der Waals surface area contributed by atoms with E-state index in [1.807, 2.05) is 12.1 Å². The third kappa shape index (κ3) is 2.37. The molecule has 18 heavy (non-hydrogen) atoms. The molecule has 3 rings (SSSR count). The van der Waals surface area contributed by atoms with Crippen LogP contribution in [-0.4, -0.2) is 28.6 Å². The Bertz CT molecular complexity index is 577. The highest BCUT2D eigenvalue weighted by molar-refractivity contribution is 7.16. The second kappa shape index (κ2) is 4.66. The van der Waals surface area contributed by atoms with E-state index >= 15 is 0 Å². The van der Waals surface area contributed by atoms with Crippen molar-refractivity contribution in [3.8, 4) is 0 Å². The molecule has 4 nitrogen and oxygen atoms in total. The number of nitrogens with one attached hydrogen (secondary N) is 1. The van der Waals surface area contributed by atoms with Crippen LogP contribution in [0.4, 0.5) is 0 Å². The lowest BCUT2D eigenvalue weighted by molar-refractivity contribution is 0.0901. The largest absolute Gasteiger partial charge is 0.391 e. The molecular weight excluding hydrogens is 248 g/mol. The molecule has 2 N–H and O–H groups in total. The van der Waals surface area contributed by atoms with E-state index in [1.54, 1.807) is 11.6 Å². The van der Waals surface area contributed by atoms with Crippen molar-refractivity contribution in [3.05, 3.63) is 29.3 Å². The molecule has 0 saturated heterocycles. The molecule has 1 aromatic carbocycles. The highest BCUT2D eigenvalue weighted by Crippen LogP contribution is 2.32. The van der Waals surface area contributed by atoms with Gasteiger partial charge in [-0.15, -0.1) is 11.3 Å². The number of hydrogen-bond acceptors (Lipinski definition) is 4. The van der Waals surface area contributed by atoms with Crippen LogP contribution < -0.4 is 5.32 Å². The molecule has 0 bridgehead atoms. The number of aliphatic hydroxyl groups excluding tert-OH is 1. The summed E-state index contributed by atoms with van der Waals surface area (Å²) >= 11 is 1.52. The van der Waals surface area contributed by atoms with Crippen LogP contribution in [0.5, 0.6) is 0 Å². The molecular formula is C13H14N2O2S. The number of fused-ring (bicyclic) bond motifs is 1. The first kappa shape index (κ1) is 11.6. The molecule has 1 heterocycles. The van der Waals surface area contributed by atoms with E-state index in [4.69, 9.17) is 0 Å². The zero-order valence-corrected chi connectivity index (χ0v) is 10.6. The maximum absolute atomic E-state index is 11.9. The number of hydrogen-bond donors (Lipinski definition) is 2. The molecule has 5 heteroatoms. The second-order valence-electron chi connectivity index (χ2n) is 4.65. The van der Waals surface area contributed by atoms with Gasteiger partial charge in [-0.05, 0) is 37.0 Å². The Labute approximate surface area is 109 Å². The Kier molecular flexibility index (Phi) is 3.01. The smallest absolute Gasteiger partial charge is 0.251 e. The van der Waals surface area contributed by atoms with E-state index in [0.717, 1.165) is 23.1 Å². The monoisotopic (exact) mass is 262 g/mol.